The molecule has 0 spiro atoms. The average Bonchev–Trinajstić information content (AvgIpc) is 2.66. The predicted molar refractivity (Wildman–Crippen MR) is 110 cm³/mol. The highest BCUT2D eigenvalue weighted by molar-refractivity contribution is 5.81. The first kappa shape index (κ1) is 21.7. The normalized spacial score (nSPS) is 19.9. The van der Waals surface area contributed by atoms with E-state index in [2.05, 4.69) is 20.9 Å². The second-order valence-electron chi connectivity index (χ2n) is 7.49. The summed E-state index contributed by atoms with van der Waals surface area (Å²) < 4.78 is 0. The summed E-state index contributed by atoms with van der Waals surface area (Å²) in [5, 5.41) is 20.6. The van der Waals surface area contributed by atoms with Gasteiger partial charge in [0.2, 0.25) is 5.91 Å². The first-order valence-electron chi connectivity index (χ1n) is 9.97. The number of rotatable bonds is 7. The van der Waals surface area contributed by atoms with Crippen LogP contribution in [0.2, 0.25) is 0 Å². The summed E-state index contributed by atoms with van der Waals surface area (Å²) in [6, 6.07) is 6.84. The second-order valence-corrected chi connectivity index (χ2v) is 7.49. The van der Waals surface area contributed by atoms with Gasteiger partial charge in [-0.2, -0.15) is 0 Å². The van der Waals surface area contributed by atoms with E-state index in [1.165, 1.54) is 6.07 Å². The minimum absolute atomic E-state index is 0.0216. The maximum Gasteiger partial charge on any atom is 0.269 e. The number of nitrogens with zero attached hydrogens (tertiary/aromatic N) is 2. The summed E-state index contributed by atoms with van der Waals surface area (Å²) in [5.74, 6) is 0.817. The zero-order valence-corrected chi connectivity index (χ0v) is 16.9. The van der Waals surface area contributed by atoms with Crippen LogP contribution in [0.5, 0.6) is 0 Å². The number of hydrogen-bond acceptors (Lipinski definition) is 4. The van der Waals surface area contributed by atoms with E-state index in [0.717, 1.165) is 31.2 Å². The Morgan fingerprint density at radius 1 is 1.36 bits per heavy atom. The number of aliphatic imine (C=N–C) groups is 1. The first-order chi connectivity index (χ1) is 13.4. The van der Waals surface area contributed by atoms with E-state index >= 15 is 0 Å². The molecule has 2 rings (SSSR count). The standard InChI is InChI=1S/C20H31N5O3/c1-4-21-20(22-13-15-7-5-10-18(11-15)25(27)28)24-17-9-6-8-16(12-17)19(26)23-14(2)3/h5,7,10-11,14,16-17H,4,6,8-9,12-13H2,1-3H3,(H,23,26)(H2,21,22,24). The van der Waals surface area contributed by atoms with Crippen molar-refractivity contribution in [3.05, 3.63) is 39.9 Å². The highest BCUT2D eigenvalue weighted by Crippen LogP contribution is 2.24. The maximum atomic E-state index is 12.3. The first-order valence-corrected chi connectivity index (χ1v) is 9.97. The molecule has 0 heterocycles. The van der Waals surface area contributed by atoms with E-state index in [9.17, 15) is 14.9 Å². The number of benzene rings is 1. The molecule has 8 nitrogen and oxygen atoms in total. The molecule has 0 aromatic heterocycles. The van der Waals surface area contributed by atoms with Gasteiger partial charge in [-0.1, -0.05) is 18.6 Å². The van der Waals surface area contributed by atoms with Crippen LogP contribution in [-0.2, 0) is 11.3 Å². The van der Waals surface area contributed by atoms with Gasteiger partial charge in [-0.15, -0.1) is 0 Å². The van der Waals surface area contributed by atoms with Crippen molar-refractivity contribution in [3.8, 4) is 0 Å². The zero-order valence-electron chi connectivity index (χ0n) is 16.9. The van der Waals surface area contributed by atoms with Crippen molar-refractivity contribution < 1.29 is 9.72 Å². The molecule has 0 radical (unpaired) electrons. The molecule has 1 fully saturated rings. The highest BCUT2D eigenvalue weighted by Gasteiger charge is 2.28. The number of nitro benzene ring substituents is 1. The molecule has 0 saturated heterocycles. The zero-order chi connectivity index (χ0) is 20.5. The number of carbonyl (C=O) groups excluding carboxylic acids is 1. The fraction of sp³-hybridized carbons (Fsp3) is 0.600. The largest absolute Gasteiger partial charge is 0.357 e. The minimum atomic E-state index is -0.402. The maximum absolute atomic E-state index is 12.3. The Hall–Kier alpha value is -2.64. The van der Waals surface area contributed by atoms with E-state index < -0.39 is 4.92 Å². The molecule has 0 bridgehead atoms. The van der Waals surface area contributed by atoms with Gasteiger partial charge in [0.15, 0.2) is 5.96 Å². The molecule has 1 saturated carbocycles. The topological polar surface area (TPSA) is 109 Å². The second kappa shape index (κ2) is 10.6. The summed E-state index contributed by atoms with van der Waals surface area (Å²) >= 11 is 0. The Kier molecular flexibility index (Phi) is 8.22. The van der Waals surface area contributed by atoms with Crippen molar-refractivity contribution in [1.29, 1.82) is 0 Å². The van der Waals surface area contributed by atoms with Crippen LogP contribution in [-0.4, -0.2) is 35.4 Å². The molecule has 1 aliphatic carbocycles. The van der Waals surface area contributed by atoms with Crippen LogP contribution in [0.3, 0.4) is 0 Å². The molecule has 28 heavy (non-hydrogen) atoms. The van der Waals surface area contributed by atoms with Gasteiger partial charge in [-0.25, -0.2) is 4.99 Å². The van der Waals surface area contributed by atoms with Gasteiger partial charge < -0.3 is 16.0 Å². The van der Waals surface area contributed by atoms with E-state index in [-0.39, 0.29) is 29.6 Å². The van der Waals surface area contributed by atoms with Gasteiger partial charge in [-0.05, 0) is 45.6 Å². The fourth-order valence-corrected chi connectivity index (χ4v) is 3.41. The summed E-state index contributed by atoms with van der Waals surface area (Å²) in [7, 11) is 0. The van der Waals surface area contributed by atoms with Gasteiger partial charge >= 0.3 is 0 Å². The molecule has 1 aromatic carbocycles. The lowest BCUT2D eigenvalue weighted by Gasteiger charge is -2.30. The van der Waals surface area contributed by atoms with Crippen LogP contribution >= 0.6 is 0 Å². The number of non-ortho nitro benzene ring substituents is 1. The molecule has 1 aromatic rings. The lowest BCUT2D eigenvalue weighted by atomic mass is 9.85. The van der Waals surface area contributed by atoms with Gasteiger partial charge in [-0.3, -0.25) is 14.9 Å². The van der Waals surface area contributed by atoms with Gasteiger partial charge in [0.1, 0.15) is 0 Å². The van der Waals surface area contributed by atoms with E-state index in [1.807, 2.05) is 26.8 Å². The lowest BCUT2D eigenvalue weighted by Crippen LogP contribution is -2.47. The molecular formula is C20H31N5O3. The Morgan fingerprint density at radius 3 is 2.82 bits per heavy atom. The number of guanidine groups is 1. The van der Waals surface area contributed by atoms with Crippen molar-refractivity contribution in [2.24, 2.45) is 10.9 Å². The molecule has 3 N–H and O–H groups in total. The summed E-state index contributed by atoms with van der Waals surface area (Å²) in [4.78, 5) is 27.4. The SMILES string of the molecule is CCNC(=NCc1cccc([N+](=O)[O-])c1)NC1CCCC(C(=O)NC(C)C)C1. The van der Waals surface area contributed by atoms with E-state index in [0.29, 0.717) is 19.0 Å². The number of carbonyl (C=O) groups is 1. The lowest BCUT2D eigenvalue weighted by molar-refractivity contribution is -0.384. The fourth-order valence-electron chi connectivity index (χ4n) is 3.41. The van der Waals surface area contributed by atoms with Crippen molar-refractivity contribution in [2.45, 2.75) is 65.1 Å². The molecule has 8 heteroatoms. The monoisotopic (exact) mass is 389 g/mol. The quantitative estimate of drug-likeness (QED) is 0.288. The third-order valence-corrected chi connectivity index (χ3v) is 4.70. The van der Waals surface area contributed by atoms with E-state index in [1.54, 1.807) is 12.1 Å². The molecule has 2 unspecified atom stereocenters. The number of nitrogens with one attached hydrogen (secondary N) is 3. The smallest absolute Gasteiger partial charge is 0.269 e. The number of nitro groups is 1. The van der Waals surface area contributed by atoms with Crippen molar-refractivity contribution in [2.75, 3.05) is 6.54 Å². The molecule has 0 aliphatic heterocycles. The molecule has 1 amide bonds. The predicted octanol–water partition coefficient (Wildman–Crippen LogP) is 2.73. The van der Waals surface area contributed by atoms with Crippen LogP contribution in [0.15, 0.2) is 29.3 Å². The van der Waals surface area contributed by atoms with Crippen LogP contribution in [0.4, 0.5) is 5.69 Å². The van der Waals surface area contributed by atoms with Gasteiger partial charge in [0, 0.05) is 36.7 Å². The van der Waals surface area contributed by atoms with Crippen LogP contribution in [0, 0.1) is 16.0 Å². The van der Waals surface area contributed by atoms with Crippen LogP contribution < -0.4 is 16.0 Å². The van der Waals surface area contributed by atoms with Crippen molar-refractivity contribution >= 4 is 17.6 Å². The Morgan fingerprint density at radius 2 is 2.14 bits per heavy atom. The Bertz CT molecular complexity index is 705. The highest BCUT2D eigenvalue weighted by atomic mass is 16.6. The Labute approximate surface area is 166 Å². The minimum Gasteiger partial charge on any atom is -0.357 e. The van der Waals surface area contributed by atoms with Crippen LogP contribution in [0.25, 0.3) is 0 Å². The summed E-state index contributed by atoms with van der Waals surface area (Å²) in [6.07, 6.45) is 3.68. The van der Waals surface area contributed by atoms with E-state index in [4.69, 9.17) is 0 Å². The van der Waals surface area contributed by atoms with Crippen molar-refractivity contribution in [1.82, 2.24) is 16.0 Å². The Balaban J connectivity index is 1.99. The summed E-state index contributed by atoms with van der Waals surface area (Å²) in [6.45, 7) is 7.00. The summed E-state index contributed by atoms with van der Waals surface area (Å²) in [5.41, 5.74) is 0.848. The molecule has 154 valence electrons. The molecule has 1 aliphatic rings. The van der Waals surface area contributed by atoms with Crippen molar-refractivity contribution in [3.63, 3.8) is 0 Å². The molecule has 2 atom stereocenters. The molecular weight excluding hydrogens is 358 g/mol. The van der Waals surface area contributed by atoms with Gasteiger partial charge in [0.25, 0.3) is 5.69 Å². The number of hydrogen-bond donors (Lipinski definition) is 3. The number of amides is 1. The van der Waals surface area contributed by atoms with Gasteiger partial charge in [0.05, 0.1) is 11.5 Å². The average molecular weight is 390 g/mol. The van der Waals surface area contributed by atoms with Crippen LogP contribution in [0.1, 0.15) is 52.0 Å². The third-order valence-electron chi connectivity index (χ3n) is 4.70. The third kappa shape index (κ3) is 6.83.